The fourth-order valence-electron chi connectivity index (χ4n) is 2.18. The second-order valence-corrected chi connectivity index (χ2v) is 8.48. The SMILES string of the molecule is CC(C)OC(=O)[C@H](Cc1ccccc1)NP(=O)(Cl)Oc1ccccc1. The van der Waals surface area contributed by atoms with Crippen molar-refractivity contribution in [3.05, 3.63) is 66.2 Å². The van der Waals surface area contributed by atoms with Gasteiger partial charge in [-0.15, -0.1) is 0 Å². The van der Waals surface area contributed by atoms with Gasteiger partial charge in [0.2, 0.25) is 0 Å². The summed E-state index contributed by atoms with van der Waals surface area (Å²) in [5.41, 5.74) is 0.886. The molecule has 2 atom stereocenters. The lowest BCUT2D eigenvalue weighted by atomic mass is 10.1. The van der Waals surface area contributed by atoms with Crippen molar-refractivity contribution >= 4 is 24.1 Å². The van der Waals surface area contributed by atoms with Crippen LogP contribution in [0.1, 0.15) is 19.4 Å². The lowest BCUT2D eigenvalue weighted by Gasteiger charge is -2.22. The molecule has 134 valence electrons. The van der Waals surface area contributed by atoms with Crippen molar-refractivity contribution in [2.75, 3.05) is 0 Å². The van der Waals surface area contributed by atoms with Gasteiger partial charge in [0.25, 0.3) is 0 Å². The smallest absolute Gasteiger partial charge is 0.409 e. The molecule has 0 saturated carbocycles. The third-order valence-electron chi connectivity index (χ3n) is 3.20. The molecule has 2 aromatic rings. The lowest BCUT2D eigenvalue weighted by molar-refractivity contribution is -0.149. The van der Waals surface area contributed by atoms with E-state index < -0.39 is 18.9 Å². The number of hydrogen-bond donors (Lipinski definition) is 1. The molecule has 2 rings (SSSR count). The largest absolute Gasteiger partial charge is 0.462 e. The fourth-order valence-corrected chi connectivity index (χ4v) is 3.78. The Morgan fingerprint density at radius 1 is 1.08 bits per heavy atom. The van der Waals surface area contributed by atoms with E-state index in [0.29, 0.717) is 5.75 Å². The van der Waals surface area contributed by atoms with Gasteiger partial charge in [-0.2, -0.15) is 0 Å². The first-order valence-corrected chi connectivity index (χ1v) is 10.5. The van der Waals surface area contributed by atoms with E-state index in [4.69, 9.17) is 20.5 Å². The molecule has 0 amide bonds. The summed E-state index contributed by atoms with van der Waals surface area (Å²) in [6.07, 6.45) is -0.0151. The molecule has 2 aromatic carbocycles. The zero-order valence-electron chi connectivity index (χ0n) is 14.1. The molecule has 0 aliphatic heterocycles. The van der Waals surface area contributed by atoms with Gasteiger partial charge < -0.3 is 9.26 Å². The van der Waals surface area contributed by atoms with E-state index in [-0.39, 0.29) is 12.5 Å². The molecule has 1 N–H and O–H groups in total. The minimum atomic E-state index is -3.78. The summed E-state index contributed by atoms with van der Waals surface area (Å²) in [5, 5.41) is 2.62. The summed E-state index contributed by atoms with van der Waals surface area (Å²) in [6.45, 7) is -0.287. The highest BCUT2D eigenvalue weighted by Crippen LogP contribution is 2.48. The molecule has 25 heavy (non-hydrogen) atoms. The topological polar surface area (TPSA) is 64.6 Å². The Hall–Kier alpha value is -1.81. The van der Waals surface area contributed by atoms with Gasteiger partial charge >= 0.3 is 12.8 Å². The maximum atomic E-state index is 12.6. The van der Waals surface area contributed by atoms with Gasteiger partial charge in [0, 0.05) is 11.2 Å². The lowest BCUT2D eigenvalue weighted by Crippen LogP contribution is -2.39. The van der Waals surface area contributed by atoms with Crippen LogP contribution in [0, 0.1) is 0 Å². The summed E-state index contributed by atoms with van der Waals surface area (Å²) < 4.78 is 23.2. The van der Waals surface area contributed by atoms with Crippen molar-refractivity contribution in [2.45, 2.75) is 32.4 Å². The Labute approximate surface area is 152 Å². The van der Waals surface area contributed by atoms with Gasteiger partial charge in [-0.25, -0.2) is 9.65 Å². The van der Waals surface area contributed by atoms with E-state index in [9.17, 15) is 9.36 Å². The second-order valence-electron chi connectivity index (χ2n) is 5.74. The maximum absolute atomic E-state index is 12.6. The molecule has 7 heteroatoms. The zero-order chi connectivity index (χ0) is 18.3. The average molecular weight is 382 g/mol. The van der Waals surface area contributed by atoms with E-state index in [0.717, 1.165) is 5.56 Å². The molecular weight excluding hydrogens is 361 g/mol. The summed E-state index contributed by atoms with van der Waals surface area (Å²) in [7, 11) is 0. The van der Waals surface area contributed by atoms with Crippen LogP contribution in [-0.2, 0) is 20.5 Å². The van der Waals surface area contributed by atoms with Crippen LogP contribution < -0.4 is 9.61 Å². The van der Waals surface area contributed by atoms with Crippen LogP contribution in [0.2, 0.25) is 0 Å². The normalized spacial score (nSPS) is 14.6. The summed E-state index contributed by atoms with van der Waals surface area (Å²) in [5.74, 6) is -0.180. The maximum Gasteiger partial charge on any atom is 0.409 e. The zero-order valence-corrected chi connectivity index (χ0v) is 15.7. The number of nitrogens with one attached hydrogen (secondary N) is 1. The molecular formula is C18H21ClNO4P. The van der Waals surface area contributed by atoms with Crippen molar-refractivity contribution in [3.8, 4) is 5.75 Å². The van der Waals surface area contributed by atoms with Crippen molar-refractivity contribution in [2.24, 2.45) is 0 Å². The number of hydrogen-bond acceptors (Lipinski definition) is 4. The standard InChI is InChI=1S/C18H21ClNO4P/c1-14(2)23-18(21)17(13-15-9-5-3-6-10-15)20-25(19,22)24-16-11-7-4-8-12-16/h3-12,14,17H,13H2,1-2H3,(H,20,22)/t17-,25?/m0/s1. The first-order valence-electron chi connectivity index (χ1n) is 7.92. The number of esters is 1. The minimum absolute atomic E-state index is 0.279. The van der Waals surface area contributed by atoms with E-state index in [1.165, 1.54) is 0 Å². The van der Waals surface area contributed by atoms with Gasteiger partial charge in [0.1, 0.15) is 11.8 Å². The average Bonchev–Trinajstić information content (AvgIpc) is 2.55. The molecule has 0 fully saturated rings. The highest BCUT2D eigenvalue weighted by Gasteiger charge is 2.31. The number of ether oxygens (including phenoxy) is 1. The number of halogens is 1. The highest BCUT2D eigenvalue weighted by atomic mass is 35.7. The molecule has 1 unspecified atom stereocenters. The summed E-state index contributed by atoms with van der Waals surface area (Å²) in [6, 6.07) is 17.0. The van der Waals surface area contributed by atoms with Crippen LogP contribution in [0.25, 0.3) is 0 Å². The van der Waals surface area contributed by atoms with Gasteiger partial charge in [0.05, 0.1) is 6.10 Å². The van der Waals surface area contributed by atoms with Crippen LogP contribution in [0.3, 0.4) is 0 Å². The van der Waals surface area contributed by atoms with E-state index in [1.807, 2.05) is 30.3 Å². The number of benzene rings is 2. The predicted octanol–water partition coefficient (Wildman–Crippen LogP) is 4.56. The van der Waals surface area contributed by atoms with Crippen molar-refractivity contribution in [1.29, 1.82) is 0 Å². The predicted molar refractivity (Wildman–Crippen MR) is 98.8 cm³/mol. The Morgan fingerprint density at radius 3 is 2.20 bits per heavy atom. The van der Waals surface area contributed by atoms with Crippen molar-refractivity contribution < 1.29 is 18.6 Å². The Balaban J connectivity index is 2.13. The van der Waals surface area contributed by atoms with Gasteiger partial charge in [-0.05, 0) is 38.0 Å². The second kappa shape index (κ2) is 9.04. The van der Waals surface area contributed by atoms with Crippen LogP contribution in [-0.4, -0.2) is 18.1 Å². The summed E-state index contributed by atoms with van der Waals surface area (Å²) >= 11 is 6.03. The molecule has 0 aromatic heterocycles. The number of carbonyl (C=O) groups is 1. The number of carbonyl (C=O) groups excluding carboxylic acids is 1. The van der Waals surface area contributed by atoms with Crippen LogP contribution in [0.4, 0.5) is 0 Å². The van der Waals surface area contributed by atoms with Gasteiger partial charge in [-0.1, -0.05) is 48.5 Å². The van der Waals surface area contributed by atoms with Crippen LogP contribution in [0.5, 0.6) is 5.75 Å². The Kier molecular flexibility index (Phi) is 7.06. The minimum Gasteiger partial charge on any atom is -0.462 e. The fraction of sp³-hybridized carbons (Fsp3) is 0.278. The highest BCUT2D eigenvalue weighted by molar-refractivity contribution is 7.84. The van der Waals surface area contributed by atoms with Gasteiger partial charge in [-0.3, -0.25) is 4.79 Å². The first-order chi connectivity index (χ1) is 11.9. The monoisotopic (exact) mass is 381 g/mol. The van der Waals surface area contributed by atoms with E-state index >= 15 is 0 Å². The van der Waals surface area contributed by atoms with Crippen LogP contribution in [0.15, 0.2) is 60.7 Å². The molecule has 0 aliphatic rings. The Bertz CT molecular complexity index is 724. The van der Waals surface area contributed by atoms with Crippen LogP contribution >= 0.6 is 18.1 Å². The van der Waals surface area contributed by atoms with Crippen molar-refractivity contribution in [1.82, 2.24) is 5.09 Å². The molecule has 0 saturated heterocycles. The molecule has 0 spiro atoms. The quantitative estimate of drug-likeness (QED) is 0.536. The third kappa shape index (κ3) is 6.91. The molecule has 0 heterocycles. The Morgan fingerprint density at radius 2 is 1.64 bits per heavy atom. The third-order valence-corrected chi connectivity index (χ3v) is 4.76. The molecule has 0 radical (unpaired) electrons. The van der Waals surface area contributed by atoms with E-state index in [2.05, 4.69) is 5.09 Å². The number of para-hydroxylation sites is 1. The van der Waals surface area contributed by atoms with Crippen molar-refractivity contribution in [3.63, 3.8) is 0 Å². The van der Waals surface area contributed by atoms with E-state index in [1.54, 1.807) is 44.2 Å². The van der Waals surface area contributed by atoms with Gasteiger partial charge in [0.15, 0.2) is 0 Å². The molecule has 0 aliphatic carbocycles. The summed E-state index contributed by atoms with van der Waals surface area (Å²) in [4.78, 5) is 12.4. The number of rotatable bonds is 8. The molecule has 5 nitrogen and oxygen atoms in total. The molecule has 0 bridgehead atoms. The first kappa shape index (κ1) is 19.5.